The van der Waals surface area contributed by atoms with Crippen LogP contribution < -0.4 is 14.8 Å². The van der Waals surface area contributed by atoms with Crippen molar-refractivity contribution in [1.82, 2.24) is 0 Å². The van der Waals surface area contributed by atoms with Gasteiger partial charge in [-0.15, -0.1) is 0 Å². The minimum Gasteiger partial charge on any atom is -0.322 e. The topological polar surface area (TPSA) is 121 Å². The van der Waals surface area contributed by atoms with E-state index in [1.54, 1.807) is 12.1 Å². The zero-order valence-electron chi connectivity index (χ0n) is 18.3. The average molecular weight is 530 g/mol. The second-order valence-electron chi connectivity index (χ2n) is 7.68. The van der Waals surface area contributed by atoms with Gasteiger partial charge in [-0.3, -0.25) is 14.2 Å². The number of hydrogen-bond donors (Lipinski definition) is 3. The van der Waals surface area contributed by atoms with E-state index in [0.717, 1.165) is 17.0 Å². The van der Waals surface area contributed by atoms with Crippen molar-refractivity contribution in [3.63, 3.8) is 0 Å². The van der Waals surface area contributed by atoms with E-state index in [1.165, 1.54) is 42.5 Å². The minimum atomic E-state index is -3.87. The number of halogens is 1. The van der Waals surface area contributed by atoms with Crippen molar-refractivity contribution in [2.75, 3.05) is 21.0 Å². The lowest BCUT2D eigenvalue weighted by molar-refractivity contribution is 0.102. The molecule has 35 heavy (non-hydrogen) atoms. The summed E-state index contributed by atoms with van der Waals surface area (Å²) < 4.78 is 53.4. The first kappa shape index (κ1) is 24.5. The summed E-state index contributed by atoms with van der Waals surface area (Å²) in [5.74, 6) is -0.537. The van der Waals surface area contributed by atoms with Crippen LogP contribution in [-0.2, 0) is 20.0 Å². The van der Waals surface area contributed by atoms with Crippen molar-refractivity contribution < 1.29 is 21.6 Å². The first-order valence-electron chi connectivity index (χ1n) is 10.2. The molecule has 1 amide bonds. The smallest absolute Gasteiger partial charge is 0.261 e. The van der Waals surface area contributed by atoms with E-state index in [1.807, 2.05) is 30.3 Å². The van der Waals surface area contributed by atoms with Crippen LogP contribution in [0.5, 0.6) is 0 Å². The zero-order chi connectivity index (χ0) is 25.2. The Morgan fingerprint density at radius 1 is 0.771 bits per heavy atom. The Morgan fingerprint density at radius 2 is 1.43 bits per heavy atom. The molecule has 180 valence electrons. The third-order valence-corrected chi connectivity index (χ3v) is 7.27. The molecule has 0 radical (unpaired) electrons. The number of rotatable bonds is 7. The van der Waals surface area contributed by atoms with Crippen LogP contribution in [0.25, 0.3) is 10.8 Å². The summed E-state index contributed by atoms with van der Waals surface area (Å²) in [6.07, 6.45) is 1.00. The normalized spacial score (nSPS) is 11.7. The maximum atomic E-state index is 12.9. The van der Waals surface area contributed by atoms with Gasteiger partial charge in [0.2, 0.25) is 10.0 Å². The van der Waals surface area contributed by atoms with Crippen LogP contribution in [0.1, 0.15) is 10.4 Å². The molecule has 0 bridgehead atoms. The largest absolute Gasteiger partial charge is 0.322 e. The number of nitrogens with one attached hydrogen (secondary N) is 3. The maximum absolute atomic E-state index is 12.9. The molecule has 11 heteroatoms. The molecule has 4 aromatic rings. The molecular formula is C24H20ClN3O5S2. The summed E-state index contributed by atoms with van der Waals surface area (Å²) in [5.41, 5.74) is 1.17. The van der Waals surface area contributed by atoms with Crippen molar-refractivity contribution in [3.05, 3.63) is 95.5 Å². The monoisotopic (exact) mass is 529 g/mol. The van der Waals surface area contributed by atoms with E-state index in [4.69, 9.17) is 11.6 Å². The van der Waals surface area contributed by atoms with Crippen LogP contribution >= 0.6 is 11.6 Å². The maximum Gasteiger partial charge on any atom is 0.261 e. The molecule has 8 nitrogen and oxygen atoms in total. The van der Waals surface area contributed by atoms with Gasteiger partial charge in [-0.2, -0.15) is 0 Å². The molecular weight excluding hydrogens is 510 g/mol. The van der Waals surface area contributed by atoms with Crippen molar-refractivity contribution in [2.45, 2.75) is 4.90 Å². The van der Waals surface area contributed by atoms with Gasteiger partial charge >= 0.3 is 0 Å². The van der Waals surface area contributed by atoms with Gasteiger partial charge < -0.3 is 5.32 Å². The number of amides is 1. The SMILES string of the molecule is CS(=O)(=O)Nc1ccc(C(=O)Nc2ccc(S(=O)(=O)Nc3cccc4ccccc34)cc2)c(Cl)c1. The van der Waals surface area contributed by atoms with Crippen molar-refractivity contribution in [2.24, 2.45) is 0 Å². The van der Waals surface area contributed by atoms with Crippen LogP contribution in [0.3, 0.4) is 0 Å². The number of anilines is 3. The van der Waals surface area contributed by atoms with Crippen LogP contribution in [0.2, 0.25) is 5.02 Å². The zero-order valence-corrected chi connectivity index (χ0v) is 20.7. The first-order valence-corrected chi connectivity index (χ1v) is 14.0. The highest BCUT2D eigenvalue weighted by Gasteiger charge is 2.17. The van der Waals surface area contributed by atoms with Gasteiger partial charge in [0.15, 0.2) is 0 Å². The summed E-state index contributed by atoms with van der Waals surface area (Å²) in [5, 5.41) is 4.37. The summed E-state index contributed by atoms with van der Waals surface area (Å²) in [6.45, 7) is 0. The average Bonchev–Trinajstić information content (AvgIpc) is 2.78. The van der Waals surface area contributed by atoms with E-state index in [0.29, 0.717) is 11.4 Å². The summed E-state index contributed by atoms with van der Waals surface area (Å²) in [6, 6.07) is 22.6. The molecule has 0 unspecified atom stereocenters. The Bertz CT molecular complexity index is 1630. The Balaban J connectivity index is 1.49. The summed E-state index contributed by atoms with van der Waals surface area (Å²) in [4.78, 5) is 12.6. The first-order chi connectivity index (χ1) is 16.5. The lowest BCUT2D eigenvalue weighted by Gasteiger charge is -2.12. The van der Waals surface area contributed by atoms with Gasteiger partial charge in [-0.25, -0.2) is 16.8 Å². The summed E-state index contributed by atoms with van der Waals surface area (Å²) >= 11 is 6.14. The predicted octanol–water partition coefficient (Wildman–Crippen LogP) is 4.92. The second kappa shape index (κ2) is 9.57. The van der Waals surface area contributed by atoms with Crippen molar-refractivity contribution >= 4 is 65.4 Å². The van der Waals surface area contributed by atoms with E-state index < -0.39 is 26.0 Å². The number of carbonyl (C=O) groups excluding carboxylic acids is 1. The highest BCUT2D eigenvalue weighted by atomic mass is 35.5. The van der Waals surface area contributed by atoms with Gasteiger partial charge in [-0.1, -0.05) is 48.0 Å². The Labute approximate surface area is 208 Å². The lowest BCUT2D eigenvalue weighted by Crippen LogP contribution is -2.15. The van der Waals surface area contributed by atoms with Crippen LogP contribution in [0, 0.1) is 0 Å². The minimum absolute atomic E-state index is 0.0256. The highest BCUT2D eigenvalue weighted by Crippen LogP contribution is 2.27. The molecule has 3 N–H and O–H groups in total. The molecule has 0 fully saturated rings. The van der Waals surface area contributed by atoms with E-state index in [2.05, 4.69) is 14.8 Å². The predicted molar refractivity (Wildman–Crippen MR) is 139 cm³/mol. The Morgan fingerprint density at radius 3 is 2.11 bits per heavy atom. The molecule has 0 saturated carbocycles. The lowest BCUT2D eigenvalue weighted by atomic mass is 10.1. The molecule has 0 aliphatic heterocycles. The van der Waals surface area contributed by atoms with Crippen molar-refractivity contribution in [3.8, 4) is 0 Å². The van der Waals surface area contributed by atoms with Gasteiger partial charge in [-0.05, 0) is 53.9 Å². The standard InChI is InChI=1S/C24H20ClN3O5S2/c1-34(30,31)27-18-11-14-21(22(25)15-18)24(29)26-17-9-12-19(13-10-17)35(32,33)28-23-8-4-6-16-5-2-3-7-20(16)23/h2-15,27-28H,1H3,(H,26,29). The Hall–Kier alpha value is -3.60. The van der Waals surface area contributed by atoms with Gasteiger partial charge in [0.05, 0.1) is 27.4 Å². The van der Waals surface area contributed by atoms with Crippen LogP contribution in [0.4, 0.5) is 17.1 Å². The second-order valence-corrected chi connectivity index (χ2v) is 11.5. The third kappa shape index (κ3) is 5.91. The van der Waals surface area contributed by atoms with Gasteiger partial charge in [0.25, 0.3) is 15.9 Å². The summed E-state index contributed by atoms with van der Waals surface area (Å²) in [7, 11) is -7.35. The van der Waals surface area contributed by atoms with Gasteiger partial charge in [0, 0.05) is 16.8 Å². The number of sulfonamides is 2. The van der Waals surface area contributed by atoms with Crippen molar-refractivity contribution in [1.29, 1.82) is 0 Å². The fraction of sp³-hybridized carbons (Fsp3) is 0.0417. The van der Waals surface area contributed by atoms with Crippen LogP contribution in [-0.4, -0.2) is 29.0 Å². The molecule has 0 aliphatic rings. The van der Waals surface area contributed by atoms with E-state index >= 15 is 0 Å². The van der Waals surface area contributed by atoms with E-state index in [9.17, 15) is 21.6 Å². The Kier molecular flexibility index (Phi) is 6.70. The number of hydrogen-bond acceptors (Lipinski definition) is 5. The number of fused-ring (bicyclic) bond motifs is 1. The fourth-order valence-corrected chi connectivity index (χ4v) is 5.31. The quantitative estimate of drug-likeness (QED) is 0.314. The molecule has 4 rings (SSSR count). The molecule has 0 aliphatic carbocycles. The van der Waals surface area contributed by atoms with E-state index in [-0.39, 0.29) is 21.2 Å². The molecule has 4 aromatic carbocycles. The third-order valence-electron chi connectivity index (χ3n) is 4.97. The molecule has 0 atom stereocenters. The molecule has 0 saturated heterocycles. The molecule has 0 aromatic heterocycles. The molecule has 0 heterocycles. The van der Waals surface area contributed by atoms with Gasteiger partial charge in [0.1, 0.15) is 0 Å². The fourth-order valence-electron chi connectivity index (χ4n) is 3.41. The van der Waals surface area contributed by atoms with Crippen LogP contribution in [0.15, 0.2) is 89.8 Å². The highest BCUT2D eigenvalue weighted by molar-refractivity contribution is 7.92. The number of benzene rings is 4. The number of carbonyl (C=O) groups is 1. The molecule has 0 spiro atoms.